The molecule has 0 spiro atoms. The molecule has 0 radical (unpaired) electrons. The summed E-state index contributed by atoms with van der Waals surface area (Å²) in [5.41, 5.74) is 1.40. The van der Waals surface area contributed by atoms with Gasteiger partial charge in [0.1, 0.15) is 6.29 Å². The molecule has 0 aliphatic carbocycles. The molecule has 0 amide bonds. The van der Waals surface area contributed by atoms with Crippen LogP contribution in [0.3, 0.4) is 0 Å². The van der Waals surface area contributed by atoms with Crippen molar-refractivity contribution < 1.29 is 9.72 Å². The van der Waals surface area contributed by atoms with Gasteiger partial charge in [0.05, 0.1) is 4.92 Å². The van der Waals surface area contributed by atoms with E-state index in [0.717, 1.165) is 5.56 Å². The van der Waals surface area contributed by atoms with Crippen LogP contribution in [0, 0.1) is 17.0 Å². The number of carbonyl (C=O) groups is 1. The van der Waals surface area contributed by atoms with Gasteiger partial charge in [0.2, 0.25) is 0 Å². The lowest BCUT2D eigenvalue weighted by Crippen LogP contribution is -1.96. The largest absolute Gasteiger partial charge is 0.303 e. The summed E-state index contributed by atoms with van der Waals surface area (Å²) in [6.07, 6.45) is 0.764. The molecule has 0 heterocycles. The molecular formula is C9H9NO3. The topological polar surface area (TPSA) is 60.2 Å². The number of nitro groups is 1. The van der Waals surface area contributed by atoms with E-state index in [4.69, 9.17) is 0 Å². The predicted molar refractivity (Wildman–Crippen MR) is 47.6 cm³/mol. The average Bonchev–Trinajstić information content (AvgIpc) is 2.04. The van der Waals surface area contributed by atoms with E-state index >= 15 is 0 Å². The van der Waals surface area contributed by atoms with Crippen molar-refractivity contribution >= 4 is 12.0 Å². The molecule has 0 bridgehead atoms. The summed E-state index contributed by atoms with van der Waals surface area (Å²) >= 11 is 0. The van der Waals surface area contributed by atoms with E-state index in [9.17, 15) is 14.9 Å². The number of hydrogen-bond acceptors (Lipinski definition) is 3. The lowest BCUT2D eigenvalue weighted by Gasteiger charge is -1.99. The fraction of sp³-hybridized carbons (Fsp3) is 0.222. The van der Waals surface area contributed by atoms with E-state index in [0.29, 0.717) is 11.8 Å². The predicted octanol–water partition coefficient (Wildman–Crippen LogP) is 1.64. The van der Waals surface area contributed by atoms with Crippen LogP contribution in [0.1, 0.15) is 11.1 Å². The average molecular weight is 179 g/mol. The zero-order valence-corrected chi connectivity index (χ0v) is 7.19. The van der Waals surface area contributed by atoms with Crippen molar-refractivity contribution in [3.63, 3.8) is 0 Å². The van der Waals surface area contributed by atoms with Crippen LogP contribution < -0.4 is 0 Å². The fourth-order valence-corrected chi connectivity index (χ4v) is 1.15. The van der Waals surface area contributed by atoms with Gasteiger partial charge >= 0.3 is 0 Å². The minimum absolute atomic E-state index is 0.0118. The smallest absolute Gasteiger partial charge is 0.273 e. The van der Waals surface area contributed by atoms with Gasteiger partial charge in [-0.1, -0.05) is 11.6 Å². The Labute approximate surface area is 75.3 Å². The number of benzene rings is 1. The number of carbonyl (C=O) groups excluding carboxylic acids is 1. The van der Waals surface area contributed by atoms with Crippen molar-refractivity contribution in [1.82, 2.24) is 0 Å². The zero-order valence-electron chi connectivity index (χ0n) is 7.19. The minimum atomic E-state index is -0.474. The van der Waals surface area contributed by atoms with E-state index in [2.05, 4.69) is 0 Å². The summed E-state index contributed by atoms with van der Waals surface area (Å²) in [5.74, 6) is 0. The lowest BCUT2D eigenvalue weighted by molar-refractivity contribution is -0.385. The Bertz CT molecular complexity index is 347. The van der Waals surface area contributed by atoms with Crippen LogP contribution in [-0.4, -0.2) is 11.2 Å². The molecule has 0 aliphatic heterocycles. The highest BCUT2D eigenvalue weighted by Crippen LogP contribution is 2.19. The van der Waals surface area contributed by atoms with Gasteiger partial charge in [0.25, 0.3) is 5.69 Å². The number of nitrogens with zero attached hydrogens (tertiary/aromatic N) is 1. The van der Waals surface area contributed by atoms with Gasteiger partial charge in [-0.25, -0.2) is 0 Å². The first-order valence-electron chi connectivity index (χ1n) is 3.82. The Balaban J connectivity index is 3.17. The van der Waals surface area contributed by atoms with E-state index in [1.54, 1.807) is 12.1 Å². The highest BCUT2D eigenvalue weighted by Gasteiger charge is 2.11. The van der Waals surface area contributed by atoms with Gasteiger partial charge in [-0.2, -0.15) is 0 Å². The monoisotopic (exact) mass is 179 g/mol. The summed E-state index contributed by atoms with van der Waals surface area (Å²) in [6, 6.07) is 4.74. The normalized spacial score (nSPS) is 9.62. The Hall–Kier alpha value is -1.71. The van der Waals surface area contributed by atoms with Gasteiger partial charge in [-0.3, -0.25) is 10.1 Å². The Kier molecular flexibility index (Phi) is 2.74. The third kappa shape index (κ3) is 2.11. The van der Waals surface area contributed by atoms with Crippen molar-refractivity contribution in [3.05, 3.63) is 39.4 Å². The standard InChI is InChI=1S/C9H9NO3/c1-7-2-3-9(10(12)13)8(6-7)4-5-11/h2-3,5-6H,4H2,1H3. The number of nitro benzene ring substituents is 1. The Morgan fingerprint density at radius 1 is 1.54 bits per heavy atom. The van der Waals surface area contributed by atoms with Crippen molar-refractivity contribution in [2.45, 2.75) is 13.3 Å². The number of aldehydes is 1. The number of hydrogen-bond donors (Lipinski definition) is 0. The summed E-state index contributed by atoms with van der Waals surface area (Å²) in [5, 5.41) is 10.5. The molecule has 13 heavy (non-hydrogen) atoms. The van der Waals surface area contributed by atoms with E-state index in [-0.39, 0.29) is 12.1 Å². The number of rotatable bonds is 3. The summed E-state index contributed by atoms with van der Waals surface area (Å²) in [6.45, 7) is 1.83. The molecule has 0 fully saturated rings. The second-order valence-corrected chi connectivity index (χ2v) is 2.76. The first kappa shape index (κ1) is 9.38. The van der Waals surface area contributed by atoms with Crippen LogP contribution in [-0.2, 0) is 11.2 Å². The maximum Gasteiger partial charge on any atom is 0.273 e. The van der Waals surface area contributed by atoms with Gasteiger partial charge < -0.3 is 4.79 Å². The summed E-state index contributed by atoms with van der Waals surface area (Å²) in [7, 11) is 0. The first-order chi connectivity index (χ1) is 6.15. The van der Waals surface area contributed by atoms with Gasteiger partial charge in [-0.05, 0) is 13.0 Å². The molecule has 1 aromatic carbocycles. The van der Waals surface area contributed by atoms with Crippen LogP contribution in [0.4, 0.5) is 5.69 Å². The van der Waals surface area contributed by atoms with Crippen LogP contribution in [0.5, 0.6) is 0 Å². The van der Waals surface area contributed by atoms with Gasteiger partial charge in [0.15, 0.2) is 0 Å². The zero-order chi connectivity index (χ0) is 9.84. The van der Waals surface area contributed by atoms with E-state index in [1.165, 1.54) is 6.07 Å². The molecule has 4 heteroatoms. The number of aryl methyl sites for hydroxylation is 1. The van der Waals surface area contributed by atoms with E-state index in [1.807, 2.05) is 6.92 Å². The van der Waals surface area contributed by atoms with Gasteiger partial charge in [-0.15, -0.1) is 0 Å². The van der Waals surface area contributed by atoms with Crippen LogP contribution in [0.2, 0.25) is 0 Å². The second-order valence-electron chi connectivity index (χ2n) is 2.76. The quantitative estimate of drug-likeness (QED) is 0.402. The molecule has 68 valence electrons. The van der Waals surface area contributed by atoms with Crippen molar-refractivity contribution in [1.29, 1.82) is 0 Å². The SMILES string of the molecule is Cc1ccc([N+](=O)[O-])c(CC=O)c1. The van der Waals surface area contributed by atoms with Crippen molar-refractivity contribution in [2.75, 3.05) is 0 Å². The molecular weight excluding hydrogens is 170 g/mol. The van der Waals surface area contributed by atoms with Crippen molar-refractivity contribution in [2.24, 2.45) is 0 Å². The second kappa shape index (κ2) is 3.80. The molecule has 0 saturated heterocycles. The maximum atomic E-state index is 10.5. The lowest BCUT2D eigenvalue weighted by atomic mass is 10.1. The molecule has 4 nitrogen and oxygen atoms in total. The molecule has 1 aromatic rings. The van der Waals surface area contributed by atoms with Crippen molar-refractivity contribution in [3.8, 4) is 0 Å². The summed E-state index contributed by atoms with van der Waals surface area (Å²) in [4.78, 5) is 20.3. The third-order valence-corrected chi connectivity index (χ3v) is 1.73. The van der Waals surface area contributed by atoms with E-state index < -0.39 is 4.92 Å². The Morgan fingerprint density at radius 2 is 2.23 bits per heavy atom. The highest BCUT2D eigenvalue weighted by molar-refractivity contribution is 5.59. The molecule has 0 aliphatic rings. The molecule has 0 N–H and O–H groups in total. The van der Waals surface area contributed by atoms with Crippen LogP contribution >= 0.6 is 0 Å². The van der Waals surface area contributed by atoms with Crippen LogP contribution in [0.15, 0.2) is 18.2 Å². The molecule has 0 saturated carbocycles. The Morgan fingerprint density at radius 3 is 2.77 bits per heavy atom. The fourth-order valence-electron chi connectivity index (χ4n) is 1.15. The molecule has 0 aromatic heterocycles. The molecule has 0 atom stereocenters. The first-order valence-corrected chi connectivity index (χ1v) is 3.82. The minimum Gasteiger partial charge on any atom is -0.303 e. The third-order valence-electron chi connectivity index (χ3n) is 1.73. The highest BCUT2D eigenvalue weighted by atomic mass is 16.6. The summed E-state index contributed by atoms with van der Waals surface area (Å²) < 4.78 is 0. The molecule has 1 rings (SSSR count). The van der Waals surface area contributed by atoms with Gasteiger partial charge in [0, 0.05) is 18.1 Å². The molecule has 0 unspecified atom stereocenters. The maximum absolute atomic E-state index is 10.5. The van der Waals surface area contributed by atoms with Crippen LogP contribution in [0.25, 0.3) is 0 Å².